The second-order valence-corrected chi connectivity index (χ2v) is 6.43. The Labute approximate surface area is 166 Å². The number of nitrogens with one attached hydrogen (secondary N) is 2. The number of methoxy groups -OCH3 is 1. The molecule has 0 aliphatic heterocycles. The van der Waals surface area contributed by atoms with Crippen molar-refractivity contribution >= 4 is 34.8 Å². The average molecular weight is 415 g/mol. The number of rotatable bonds is 6. The van der Waals surface area contributed by atoms with Crippen LogP contribution in [0.3, 0.4) is 0 Å². The van der Waals surface area contributed by atoms with E-state index in [2.05, 4.69) is 15.9 Å². The molecule has 2 rings (SSSR count). The second kappa shape index (κ2) is 9.63. The van der Waals surface area contributed by atoms with Crippen molar-refractivity contribution < 1.29 is 18.4 Å². The predicted molar refractivity (Wildman–Crippen MR) is 104 cm³/mol. The van der Waals surface area contributed by atoms with E-state index in [1.165, 1.54) is 23.2 Å². The Bertz CT molecular complexity index is 810. The molecular formula is C17H20ClFN4O3S. The number of ether oxygens (including phenoxy) is 1. The zero-order valence-electron chi connectivity index (χ0n) is 15.1. The number of carbonyl (C=O) groups excluding carboxylic acids is 1. The van der Waals surface area contributed by atoms with Gasteiger partial charge in [0.15, 0.2) is 5.11 Å². The molecule has 0 fully saturated rings. The van der Waals surface area contributed by atoms with E-state index in [0.29, 0.717) is 18.3 Å². The third kappa shape index (κ3) is 5.15. The van der Waals surface area contributed by atoms with E-state index in [9.17, 15) is 9.18 Å². The number of nitrogens with zero attached hydrogens (tertiary/aromatic N) is 2. The highest BCUT2D eigenvalue weighted by Gasteiger charge is 2.26. The molecule has 2 aromatic rings. The van der Waals surface area contributed by atoms with Crippen LogP contribution in [0.15, 0.2) is 22.7 Å². The Morgan fingerprint density at radius 2 is 2.22 bits per heavy atom. The van der Waals surface area contributed by atoms with Gasteiger partial charge < -0.3 is 14.6 Å². The lowest BCUT2D eigenvalue weighted by Crippen LogP contribution is -2.48. The molecule has 10 heteroatoms. The van der Waals surface area contributed by atoms with Gasteiger partial charge in [-0.05, 0) is 37.7 Å². The number of hydrazine groups is 1. The van der Waals surface area contributed by atoms with Crippen molar-refractivity contribution in [2.24, 2.45) is 0 Å². The van der Waals surface area contributed by atoms with Gasteiger partial charge in [0.2, 0.25) is 0 Å². The smallest absolute Gasteiger partial charge is 0.275 e. The Morgan fingerprint density at radius 3 is 2.89 bits per heavy atom. The maximum absolute atomic E-state index is 14.2. The molecule has 0 radical (unpaired) electrons. The van der Waals surface area contributed by atoms with Gasteiger partial charge in [0, 0.05) is 27.3 Å². The SMILES string of the molecule is COCCCNC(=S)N(C)NC(=O)c1c(-c2c(F)cccc2Cl)noc1C. The summed E-state index contributed by atoms with van der Waals surface area (Å²) in [6, 6.07) is 4.21. The summed E-state index contributed by atoms with van der Waals surface area (Å²) in [6.07, 6.45) is 0.763. The van der Waals surface area contributed by atoms with Crippen molar-refractivity contribution in [3.8, 4) is 11.3 Å². The summed E-state index contributed by atoms with van der Waals surface area (Å²) in [5, 5.41) is 8.59. The van der Waals surface area contributed by atoms with Crippen molar-refractivity contribution in [1.29, 1.82) is 0 Å². The van der Waals surface area contributed by atoms with Crippen LogP contribution in [0.2, 0.25) is 5.02 Å². The monoisotopic (exact) mass is 414 g/mol. The molecule has 2 N–H and O–H groups in total. The highest BCUT2D eigenvalue weighted by molar-refractivity contribution is 7.80. The zero-order chi connectivity index (χ0) is 20.0. The molecule has 0 atom stereocenters. The minimum atomic E-state index is -0.603. The number of hydrogen-bond donors (Lipinski definition) is 2. The maximum Gasteiger partial charge on any atom is 0.275 e. The third-order valence-corrected chi connectivity index (χ3v) is 4.40. The van der Waals surface area contributed by atoms with E-state index in [0.717, 1.165) is 6.42 Å². The predicted octanol–water partition coefficient (Wildman–Crippen LogP) is 2.93. The summed E-state index contributed by atoms with van der Waals surface area (Å²) in [5.74, 6) is -0.922. The fourth-order valence-electron chi connectivity index (χ4n) is 2.32. The molecule has 1 aromatic heterocycles. The molecule has 1 amide bonds. The third-order valence-electron chi connectivity index (χ3n) is 3.66. The molecule has 0 unspecified atom stereocenters. The molecule has 0 saturated carbocycles. The first kappa shape index (κ1) is 21.1. The van der Waals surface area contributed by atoms with Crippen molar-refractivity contribution in [2.75, 3.05) is 27.3 Å². The molecular weight excluding hydrogens is 395 g/mol. The Kier molecular flexibility index (Phi) is 7.52. The summed E-state index contributed by atoms with van der Waals surface area (Å²) in [7, 11) is 3.20. The van der Waals surface area contributed by atoms with Crippen molar-refractivity contribution in [3.05, 3.63) is 40.4 Å². The highest BCUT2D eigenvalue weighted by atomic mass is 35.5. The summed E-state index contributed by atoms with van der Waals surface area (Å²) in [6.45, 7) is 2.75. The van der Waals surface area contributed by atoms with Crippen LogP contribution in [0.25, 0.3) is 11.3 Å². The first-order chi connectivity index (χ1) is 12.9. The Balaban J connectivity index is 2.16. The van der Waals surface area contributed by atoms with E-state index >= 15 is 0 Å². The number of thiocarbonyl (C=S) groups is 1. The molecule has 1 aromatic carbocycles. The van der Waals surface area contributed by atoms with Gasteiger partial charge in [-0.15, -0.1) is 0 Å². The van der Waals surface area contributed by atoms with Crippen LogP contribution in [0.4, 0.5) is 4.39 Å². The van der Waals surface area contributed by atoms with Gasteiger partial charge in [-0.25, -0.2) is 4.39 Å². The second-order valence-electron chi connectivity index (χ2n) is 5.64. The topological polar surface area (TPSA) is 79.6 Å². The lowest BCUT2D eigenvalue weighted by atomic mass is 10.1. The van der Waals surface area contributed by atoms with Crippen LogP contribution in [0.1, 0.15) is 22.5 Å². The van der Waals surface area contributed by atoms with Crippen LogP contribution in [0, 0.1) is 12.7 Å². The van der Waals surface area contributed by atoms with Crippen LogP contribution >= 0.6 is 23.8 Å². The number of hydrogen-bond acceptors (Lipinski definition) is 5. The van der Waals surface area contributed by atoms with Gasteiger partial charge in [0.25, 0.3) is 5.91 Å². The quantitative estimate of drug-likeness (QED) is 0.427. The van der Waals surface area contributed by atoms with E-state index in [4.69, 9.17) is 33.1 Å². The number of amides is 1. The minimum Gasteiger partial charge on any atom is -0.385 e. The standard InChI is InChI=1S/C17H20ClFN4O3S/c1-10-13(15(22-26-10)14-11(18)6-4-7-12(14)19)16(24)21-23(2)17(27)20-8-5-9-25-3/h4,6-7H,5,8-9H2,1-3H3,(H,20,27)(H,21,24). The highest BCUT2D eigenvalue weighted by Crippen LogP contribution is 2.33. The summed E-state index contributed by atoms with van der Waals surface area (Å²) in [5.41, 5.74) is 2.72. The number of aryl methyl sites for hydroxylation is 1. The largest absolute Gasteiger partial charge is 0.385 e. The van der Waals surface area contributed by atoms with E-state index < -0.39 is 11.7 Å². The van der Waals surface area contributed by atoms with Crippen LogP contribution < -0.4 is 10.7 Å². The normalized spacial score (nSPS) is 10.6. The fourth-order valence-corrected chi connectivity index (χ4v) is 2.72. The fraction of sp³-hybridized carbons (Fsp3) is 0.353. The molecule has 0 saturated heterocycles. The van der Waals surface area contributed by atoms with Crippen LogP contribution in [-0.4, -0.2) is 48.5 Å². The van der Waals surface area contributed by atoms with E-state index in [-0.39, 0.29) is 27.6 Å². The number of aromatic nitrogens is 1. The first-order valence-electron chi connectivity index (χ1n) is 8.09. The van der Waals surface area contributed by atoms with E-state index in [1.807, 2.05) is 0 Å². The Hall–Kier alpha value is -2.23. The molecule has 0 bridgehead atoms. The molecule has 1 heterocycles. The van der Waals surface area contributed by atoms with Gasteiger partial charge in [0.05, 0.1) is 10.6 Å². The lowest BCUT2D eigenvalue weighted by Gasteiger charge is -2.21. The van der Waals surface area contributed by atoms with Gasteiger partial charge in [-0.3, -0.25) is 15.2 Å². The van der Waals surface area contributed by atoms with E-state index in [1.54, 1.807) is 21.1 Å². The summed E-state index contributed by atoms with van der Waals surface area (Å²) in [4.78, 5) is 12.7. The van der Waals surface area contributed by atoms with Crippen molar-refractivity contribution in [1.82, 2.24) is 20.9 Å². The number of benzene rings is 1. The average Bonchev–Trinajstić information content (AvgIpc) is 2.99. The zero-order valence-corrected chi connectivity index (χ0v) is 16.7. The van der Waals surface area contributed by atoms with Crippen LogP contribution in [0.5, 0.6) is 0 Å². The Morgan fingerprint density at radius 1 is 1.48 bits per heavy atom. The minimum absolute atomic E-state index is 0.00378. The van der Waals surface area contributed by atoms with Gasteiger partial charge in [0.1, 0.15) is 22.8 Å². The number of carbonyl (C=O) groups is 1. The molecule has 0 spiro atoms. The molecule has 27 heavy (non-hydrogen) atoms. The summed E-state index contributed by atoms with van der Waals surface area (Å²) < 4.78 is 24.3. The van der Waals surface area contributed by atoms with Crippen LogP contribution in [-0.2, 0) is 4.74 Å². The number of halogens is 2. The summed E-state index contributed by atoms with van der Waals surface area (Å²) >= 11 is 11.3. The van der Waals surface area contributed by atoms with Crippen molar-refractivity contribution in [3.63, 3.8) is 0 Å². The molecule has 0 aliphatic rings. The molecule has 7 nitrogen and oxygen atoms in total. The molecule has 0 aliphatic carbocycles. The van der Waals surface area contributed by atoms with Gasteiger partial charge in [-0.1, -0.05) is 22.8 Å². The van der Waals surface area contributed by atoms with Gasteiger partial charge in [-0.2, -0.15) is 0 Å². The first-order valence-corrected chi connectivity index (χ1v) is 8.87. The molecule has 146 valence electrons. The lowest BCUT2D eigenvalue weighted by molar-refractivity contribution is 0.0885. The maximum atomic E-state index is 14.2. The van der Waals surface area contributed by atoms with Gasteiger partial charge >= 0.3 is 0 Å². The van der Waals surface area contributed by atoms with Crippen molar-refractivity contribution in [2.45, 2.75) is 13.3 Å².